The van der Waals surface area contributed by atoms with Gasteiger partial charge in [0.05, 0.1) is 11.6 Å². The van der Waals surface area contributed by atoms with Gasteiger partial charge in [-0.05, 0) is 67.2 Å². The van der Waals surface area contributed by atoms with Gasteiger partial charge in [-0.2, -0.15) is 0 Å². The standard InChI is InChI=1S/C25H29N5O3/c1-16-11-12-20-22(21(16)24(32)28(3)4)30-17(2)8-5-6-13-26-23(31)19-10-7-9-18(14-19)15-29(33)25(30)27-20/h7,9-12,14,17H,5-6,8,13,15H2,1-4H3/p+1/t17-/m1/s1. The molecule has 2 heterocycles. The van der Waals surface area contributed by atoms with E-state index in [-0.39, 0.29) is 30.3 Å². The van der Waals surface area contributed by atoms with E-state index in [0.717, 1.165) is 35.1 Å². The summed E-state index contributed by atoms with van der Waals surface area (Å²) in [6.45, 7) is 4.60. The molecule has 3 aromatic rings. The lowest BCUT2D eigenvalue weighted by Crippen LogP contribution is -2.25. The molecule has 1 aliphatic heterocycles. The van der Waals surface area contributed by atoms with E-state index in [1.54, 1.807) is 37.2 Å². The Morgan fingerprint density at radius 3 is 2.76 bits per heavy atom. The van der Waals surface area contributed by atoms with Crippen molar-refractivity contribution in [2.24, 2.45) is 0 Å². The zero-order valence-electron chi connectivity index (χ0n) is 19.6. The molecule has 0 radical (unpaired) electrons. The van der Waals surface area contributed by atoms with E-state index in [4.69, 9.17) is 0 Å². The zero-order chi connectivity index (χ0) is 23.7. The summed E-state index contributed by atoms with van der Waals surface area (Å²) in [5.41, 5.74) is 4.01. The summed E-state index contributed by atoms with van der Waals surface area (Å²) in [4.78, 5) is 45.2. The topological polar surface area (TPSA) is 87.3 Å². The Morgan fingerprint density at radius 1 is 1.21 bits per heavy atom. The van der Waals surface area contributed by atoms with E-state index in [1.165, 1.54) is 0 Å². The number of fused-ring (bicyclic) bond motifs is 5. The fraction of sp³-hybridized carbons (Fsp3) is 0.400. The largest absolute Gasteiger partial charge is 0.436 e. The highest BCUT2D eigenvalue weighted by molar-refractivity contribution is 6.06. The van der Waals surface area contributed by atoms with Gasteiger partial charge in [0.1, 0.15) is 6.54 Å². The molecule has 0 spiro atoms. The average molecular weight is 449 g/mol. The van der Waals surface area contributed by atoms with E-state index >= 15 is 0 Å². The van der Waals surface area contributed by atoms with Crippen molar-refractivity contribution in [1.82, 2.24) is 19.8 Å². The minimum absolute atomic E-state index is 0.0487. The number of aryl methyl sites for hydroxylation is 1. The van der Waals surface area contributed by atoms with Gasteiger partial charge in [0.2, 0.25) is 0 Å². The van der Waals surface area contributed by atoms with Crippen LogP contribution in [0.3, 0.4) is 0 Å². The van der Waals surface area contributed by atoms with E-state index in [2.05, 4.69) is 17.2 Å². The molecule has 1 aliphatic rings. The number of nitrogens with zero attached hydrogens (tertiary/aromatic N) is 4. The second kappa shape index (κ2) is 9.13. The summed E-state index contributed by atoms with van der Waals surface area (Å²) in [7, 11) is 3.45. The van der Waals surface area contributed by atoms with Crippen molar-refractivity contribution in [1.29, 1.82) is 0 Å². The first-order valence-electron chi connectivity index (χ1n) is 11.3. The maximum absolute atomic E-state index is 13.4. The third-order valence-electron chi connectivity index (χ3n) is 6.18. The lowest BCUT2D eigenvalue weighted by Gasteiger charge is -2.17. The van der Waals surface area contributed by atoms with Gasteiger partial charge in [-0.15, -0.1) is 0 Å². The van der Waals surface area contributed by atoms with Gasteiger partial charge in [0, 0.05) is 26.2 Å². The maximum atomic E-state index is 13.4. The molecule has 1 aromatic heterocycles. The highest BCUT2D eigenvalue weighted by Crippen LogP contribution is 2.33. The number of carbonyl (C=O) groups excluding carboxylic acids is 2. The van der Waals surface area contributed by atoms with Gasteiger partial charge in [-0.3, -0.25) is 9.59 Å². The Morgan fingerprint density at radius 2 is 2.00 bits per heavy atom. The molecule has 2 amide bonds. The molecule has 0 aliphatic carbocycles. The van der Waals surface area contributed by atoms with Crippen LogP contribution in [-0.4, -0.2) is 51.7 Å². The fourth-order valence-electron chi connectivity index (χ4n) is 4.41. The lowest BCUT2D eigenvalue weighted by atomic mass is 10.0. The number of nitrogens with one attached hydrogen (secondary N) is 1. The number of benzene rings is 2. The quantitative estimate of drug-likeness (QED) is 0.567. The number of rotatable bonds is 1. The summed E-state index contributed by atoms with van der Waals surface area (Å²) in [5, 5.41) is 2.96. The average Bonchev–Trinajstić information content (AvgIpc) is 3.17. The molecule has 1 N–H and O–H groups in total. The number of aromatic nitrogens is 2. The molecule has 0 saturated heterocycles. The molecule has 0 unspecified atom stereocenters. The summed E-state index contributed by atoms with van der Waals surface area (Å²) in [6.07, 6.45) is 2.47. The summed E-state index contributed by atoms with van der Waals surface area (Å²) < 4.78 is 2.79. The SMILES string of the molecule is Cc1ccc2nc3n(c2c1C(=O)N(C)C)[C@H](C)CCCCNC(=O)c1cccc(c1)C[N+]3=O. The van der Waals surface area contributed by atoms with Gasteiger partial charge >= 0.3 is 5.95 Å². The normalized spacial score (nSPS) is 17.3. The van der Waals surface area contributed by atoms with E-state index in [0.29, 0.717) is 28.7 Å². The van der Waals surface area contributed by atoms with Crippen LogP contribution in [-0.2, 0) is 6.54 Å². The van der Waals surface area contributed by atoms with Gasteiger partial charge in [-0.25, -0.2) is 4.57 Å². The van der Waals surface area contributed by atoms with E-state index in [9.17, 15) is 14.5 Å². The van der Waals surface area contributed by atoms with Crippen LogP contribution in [0.25, 0.3) is 11.0 Å². The summed E-state index contributed by atoms with van der Waals surface area (Å²) in [5.74, 6) is 0.0389. The van der Waals surface area contributed by atoms with Crippen molar-refractivity contribution in [2.45, 2.75) is 45.7 Å². The molecule has 172 valence electrons. The van der Waals surface area contributed by atoms with E-state index < -0.39 is 0 Å². The first-order valence-corrected chi connectivity index (χ1v) is 11.3. The molecular formula is C25H30N5O3+. The first kappa shape index (κ1) is 22.6. The predicted octanol–water partition coefficient (Wildman–Crippen LogP) is 4.13. The van der Waals surface area contributed by atoms with Crippen molar-refractivity contribution in [2.75, 3.05) is 20.6 Å². The number of hydrogen-bond acceptors (Lipinski definition) is 4. The van der Waals surface area contributed by atoms with Gasteiger partial charge in [0.25, 0.3) is 11.8 Å². The molecule has 8 heteroatoms. The third-order valence-corrected chi connectivity index (χ3v) is 6.18. The smallest absolute Gasteiger partial charge is 0.352 e. The lowest BCUT2D eigenvalue weighted by molar-refractivity contribution is -0.489. The highest BCUT2D eigenvalue weighted by Gasteiger charge is 2.33. The molecule has 33 heavy (non-hydrogen) atoms. The Hall–Kier alpha value is -3.55. The van der Waals surface area contributed by atoms with Gasteiger partial charge in [0.15, 0.2) is 11.0 Å². The number of nitroso groups, excluding NO2 is 1. The fourth-order valence-corrected chi connectivity index (χ4v) is 4.41. The number of carbonyl (C=O) groups is 2. The number of amides is 2. The Labute approximate surface area is 193 Å². The summed E-state index contributed by atoms with van der Waals surface area (Å²) >= 11 is 0. The molecule has 2 bridgehead atoms. The van der Waals surface area contributed by atoms with Crippen LogP contribution in [0.1, 0.15) is 64.1 Å². The molecule has 0 fully saturated rings. The minimum Gasteiger partial charge on any atom is -0.352 e. The number of imidazole rings is 1. The van der Waals surface area contributed by atoms with Crippen molar-refractivity contribution in [3.05, 3.63) is 63.6 Å². The minimum atomic E-state index is -0.131. The van der Waals surface area contributed by atoms with Crippen LogP contribution in [0.15, 0.2) is 36.4 Å². The molecular weight excluding hydrogens is 418 g/mol. The molecule has 4 rings (SSSR count). The Balaban J connectivity index is 1.90. The van der Waals surface area contributed by atoms with Crippen LogP contribution in [0.2, 0.25) is 0 Å². The van der Waals surface area contributed by atoms with Crippen molar-refractivity contribution < 1.29 is 14.3 Å². The summed E-state index contributed by atoms with van der Waals surface area (Å²) in [6, 6.07) is 10.8. The number of hydrogen-bond donors (Lipinski definition) is 1. The molecule has 2 aromatic carbocycles. The molecule has 1 atom stereocenters. The van der Waals surface area contributed by atoms with E-state index in [1.807, 2.05) is 29.7 Å². The molecule has 8 nitrogen and oxygen atoms in total. The predicted molar refractivity (Wildman–Crippen MR) is 127 cm³/mol. The Bertz CT molecular complexity index is 1240. The van der Waals surface area contributed by atoms with Gasteiger partial charge in [-0.1, -0.05) is 28.1 Å². The third kappa shape index (κ3) is 4.37. The van der Waals surface area contributed by atoms with Crippen LogP contribution in [0, 0.1) is 11.8 Å². The molecule has 0 saturated carbocycles. The van der Waals surface area contributed by atoms with Crippen LogP contribution >= 0.6 is 0 Å². The van der Waals surface area contributed by atoms with Crippen LogP contribution in [0.4, 0.5) is 5.95 Å². The monoisotopic (exact) mass is 448 g/mol. The highest BCUT2D eigenvalue weighted by atomic mass is 16.3. The van der Waals surface area contributed by atoms with Crippen LogP contribution < -0.4 is 5.32 Å². The van der Waals surface area contributed by atoms with Gasteiger partial charge < -0.3 is 10.2 Å². The van der Waals surface area contributed by atoms with Crippen molar-refractivity contribution >= 4 is 28.8 Å². The Kier molecular flexibility index (Phi) is 6.26. The van der Waals surface area contributed by atoms with Crippen LogP contribution in [0.5, 0.6) is 0 Å². The van der Waals surface area contributed by atoms with Crippen molar-refractivity contribution in [3.63, 3.8) is 0 Å². The second-order valence-electron chi connectivity index (χ2n) is 8.94. The second-order valence-corrected chi connectivity index (χ2v) is 8.94. The first-order chi connectivity index (χ1) is 15.8. The maximum Gasteiger partial charge on any atom is 0.436 e. The van der Waals surface area contributed by atoms with Crippen molar-refractivity contribution in [3.8, 4) is 0 Å². The zero-order valence-corrected chi connectivity index (χ0v) is 19.6.